The van der Waals surface area contributed by atoms with Crippen molar-refractivity contribution in [3.63, 3.8) is 0 Å². The summed E-state index contributed by atoms with van der Waals surface area (Å²) in [5.74, 6) is 2.09. The van der Waals surface area contributed by atoms with Crippen LogP contribution in [-0.4, -0.2) is 42.8 Å². The van der Waals surface area contributed by atoms with Gasteiger partial charge >= 0.3 is 0 Å². The maximum atomic E-state index is 12.1. The van der Waals surface area contributed by atoms with Crippen LogP contribution in [0.2, 0.25) is 0 Å². The summed E-state index contributed by atoms with van der Waals surface area (Å²) in [6.07, 6.45) is 3.49. The zero-order valence-corrected chi connectivity index (χ0v) is 17.0. The minimum atomic E-state index is -0.0950. The lowest BCUT2D eigenvalue weighted by Crippen LogP contribution is -2.24. The second-order valence-corrected chi connectivity index (χ2v) is 6.77. The first-order valence-corrected chi connectivity index (χ1v) is 10.2. The average molecular weight is 404 g/mol. The fourth-order valence-corrected chi connectivity index (χ4v) is 3.45. The fraction of sp³-hybridized carbons (Fsp3) is 0.444. The van der Waals surface area contributed by atoms with E-state index in [4.69, 9.17) is 9.15 Å². The number of aromatic nitrogens is 5. The summed E-state index contributed by atoms with van der Waals surface area (Å²) in [6, 6.07) is 3.61. The summed E-state index contributed by atoms with van der Waals surface area (Å²) < 4.78 is 14.6. The van der Waals surface area contributed by atoms with Crippen molar-refractivity contribution in [3.05, 3.63) is 30.4 Å². The number of carbonyl (C=O) groups is 1. The monoisotopic (exact) mass is 404 g/mol. The average Bonchev–Trinajstić information content (AvgIpc) is 3.43. The molecule has 10 heteroatoms. The van der Waals surface area contributed by atoms with E-state index in [1.165, 1.54) is 11.8 Å². The predicted octanol–water partition coefficient (Wildman–Crippen LogP) is 2.58. The molecular formula is C18H24N6O3S. The lowest BCUT2D eigenvalue weighted by molar-refractivity contribution is -0.118. The lowest BCUT2D eigenvalue weighted by Gasteiger charge is -2.07. The molecule has 0 saturated carbocycles. The van der Waals surface area contributed by atoms with Crippen LogP contribution >= 0.6 is 11.8 Å². The number of nitrogens with zero attached hydrogens (tertiary/aromatic N) is 5. The maximum absolute atomic E-state index is 12.1. The van der Waals surface area contributed by atoms with Crippen LogP contribution in [0.1, 0.15) is 26.5 Å². The van der Waals surface area contributed by atoms with Crippen molar-refractivity contribution in [2.45, 2.75) is 45.6 Å². The van der Waals surface area contributed by atoms with Gasteiger partial charge in [-0.15, -0.1) is 15.3 Å². The highest BCUT2D eigenvalue weighted by molar-refractivity contribution is 7.99. The number of rotatable bonds is 10. The van der Waals surface area contributed by atoms with Crippen molar-refractivity contribution in [1.82, 2.24) is 29.9 Å². The van der Waals surface area contributed by atoms with Gasteiger partial charge in [-0.3, -0.25) is 9.48 Å². The van der Waals surface area contributed by atoms with Crippen LogP contribution in [0.25, 0.3) is 11.4 Å². The molecule has 0 atom stereocenters. The van der Waals surface area contributed by atoms with Crippen LogP contribution in [0.4, 0.5) is 0 Å². The molecule has 3 heterocycles. The molecule has 0 unspecified atom stereocenters. The molecule has 0 saturated heterocycles. The molecule has 9 nitrogen and oxygen atoms in total. The Kier molecular flexibility index (Phi) is 6.75. The standard InChI is InChI=1S/C18H24N6O3S/c1-4-23-11-14(17(22-23)26-6-3)16-20-21-18(24(16)5-2)28-12-15(25)19-10-13-8-7-9-27-13/h7-9,11H,4-6,10,12H2,1-3H3,(H,19,25). The summed E-state index contributed by atoms with van der Waals surface area (Å²) in [4.78, 5) is 12.1. The Balaban J connectivity index is 1.70. The summed E-state index contributed by atoms with van der Waals surface area (Å²) in [5.41, 5.74) is 0.798. The summed E-state index contributed by atoms with van der Waals surface area (Å²) in [7, 11) is 0. The summed E-state index contributed by atoms with van der Waals surface area (Å²) >= 11 is 1.34. The van der Waals surface area contributed by atoms with Gasteiger partial charge in [0, 0.05) is 19.3 Å². The van der Waals surface area contributed by atoms with Crippen LogP contribution < -0.4 is 10.1 Å². The van der Waals surface area contributed by atoms with Crippen molar-refractivity contribution in [2.24, 2.45) is 0 Å². The van der Waals surface area contributed by atoms with Crippen molar-refractivity contribution < 1.29 is 13.9 Å². The van der Waals surface area contributed by atoms with Gasteiger partial charge in [-0.25, -0.2) is 0 Å². The molecule has 0 radical (unpaired) electrons. The zero-order valence-electron chi connectivity index (χ0n) is 16.2. The second kappa shape index (κ2) is 9.45. The minimum Gasteiger partial charge on any atom is -0.476 e. The van der Waals surface area contributed by atoms with Crippen molar-refractivity contribution in [2.75, 3.05) is 12.4 Å². The normalized spacial score (nSPS) is 11.0. The molecule has 0 spiro atoms. The van der Waals surface area contributed by atoms with E-state index in [1.807, 2.05) is 42.3 Å². The fourth-order valence-electron chi connectivity index (χ4n) is 2.62. The molecule has 1 amide bonds. The Bertz CT molecular complexity index is 903. The molecule has 0 aliphatic carbocycles. The molecule has 0 aliphatic rings. The number of hydrogen-bond donors (Lipinski definition) is 1. The first-order chi connectivity index (χ1) is 13.7. The number of thioether (sulfide) groups is 1. The van der Waals surface area contributed by atoms with E-state index in [0.717, 1.165) is 12.1 Å². The van der Waals surface area contributed by atoms with Gasteiger partial charge in [0.05, 0.1) is 25.2 Å². The molecule has 28 heavy (non-hydrogen) atoms. The molecule has 0 aromatic carbocycles. The van der Waals surface area contributed by atoms with Crippen molar-refractivity contribution in [3.8, 4) is 17.3 Å². The van der Waals surface area contributed by atoms with E-state index in [-0.39, 0.29) is 11.7 Å². The quantitative estimate of drug-likeness (QED) is 0.518. The van der Waals surface area contributed by atoms with Crippen LogP contribution in [-0.2, 0) is 24.4 Å². The third-order valence-corrected chi connectivity index (χ3v) is 4.95. The Morgan fingerprint density at radius 2 is 2.14 bits per heavy atom. The highest BCUT2D eigenvalue weighted by Gasteiger charge is 2.20. The van der Waals surface area contributed by atoms with Gasteiger partial charge < -0.3 is 19.0 Å². The number of ether oxygens (including phenoxy) is 1. The molecule has 1 N–H and O–H groups in total. The van der Waals surface area contributed by atoms with Gasteiger partial charge in [-0.05, 0) is 32.9 Å². The lowest BCUT2D eigenvalue weighted by atomic mass is 10.3. The van der Waals surface area contributed by atoms with Gasteiger partial charge in [0.1, 0.15) is 11.3 Å². The van der Waals surface area contributed by atoms with Gasteiger partial charge in [0.2, 0.25) is 11.8 Å². The van der Waals surface area contributed by atoms with E-state index in [0.29, 0.717) is 42.3 Å². The third-order valence-electron chi connectivity index (χ3n) is 3.98. The predicted molar refractivity (Wildman–Crippen MR) is 105 cm³/mol. The molecule has 0 fully saturated rings. The van der Waals surface area contributed by atoms with E-state index in [1.54, 1.807) is 12.3 Å². The molecule has 3 aromatic rings. The zero-order chi connectivity index (χ0) is 19.9. The third kappa shape index (κ3) is 4.56. The Morgan fingerprint density at radius 3 is 2.82 bits per heavy atom. The molecule has 150 valence electrons. The van der Waals surface area contributed by atoms with Gasteiger partial charge in [-0.1, -0.05) is 11.8 Å². The van der Waals surface area contributed by atoms with Gasteiger partial charge in [0.15, 0.2) is 11.0 Å². The van der Waals surface area contributed by atoms with Crippen LogP contribution in [0.15, 0.2) is 34.2 Å². The Hall–Kier alpha value is -2.75. The number of furan rings is 1. The molecule has 0 aliphatic heterocycles. The van der Waals surface area contributed by atoms with Crippen LogP contribution in [0.3, 0.4) is 0 Å². The van der Waals surface area contributed by atoms with Crippen molar-refractivity contribution >= 4 is 17.7 Å². The SMILES string of the molecule is CCOc1nn(CC)cc1-c1nnc(SCC(=O)NCc2ccco2)n1CC. The van der Waals surface area contributed by atoms with E-state index in [2.05, 4.69) is 20.6 Å². The van der Waals surface area contributed by atoms with E-state index in [9.17, 15) is 4.79 Å². The Labute approximate surface area is 167 Å². The number of aryl methyl sites for hydroxylation is 1. The molecule has 3 rings (SSSR count). The number of hydrogen-bond acceptors (Lipinski definition) is 7. The van der Waals surface area contributed by atoms with Crippen LogP contribution in [0, 0.1) is 0 Å². The first kappa shape index (κ1) is 20.0. The number of carbonyl (C=O) groups excluding carboxylic acids is 1. The van der Waals surface area contributed by atoms with Gasteiger partial charge in [-0.2, -0.15) is 0 Å². The van der Waals surface area contributed by atoms with Gasteiger partial charge in [0.25, 0.3) is 0 Å². The summed E-state index contributed by atoms with van der Waals surface area (Å²) in [6.45, 7) is 8.23. The van der Waals surface area contributed by atoms with E-state index >= 15 is 0 Å². The first-order valence-electron chi connectivity index (χ1n) is 9.21. The largest absolute Gasteiger partial charge is 0.476 e. The number of amides is 1. The van der Waals surface area contributed by atoms with Crippen LogP contribution in [0.5, 0.6) is 5.88 Å². The second-order valence-electron chi connectivity index (χ2n) is 5.83. The Morgan fingerprint density at radius 1 is 1.29 bits per heavy atom. The molecular weight excluding hydrogens is 380 g/mol. The summed E-state index contributed by atoms with van der Waals surface area (Å²) in [5, 5.41) is 16.5. The van der Waals surface area contributed by atoms with Crippen molar-refractivity contribution in [1.29, 1.82) is 0 Å². The minimum absolute atomic E-state index is 0.0950. The number of nitrogens with one attached hydrogen (secondary N) is 1. The highest BCUT2D eigenvalue weighted by atomic mass is 32.2. The van der Waals surface area contributed by atoms with E-state index < -0.39 is 0 Å². The highest BCUT2D eigenvalue weighted by Crippen LogP contribution is 2.30. The topological polar surface area (TPSA) is 100 Å². The molecule has 0 bridgehead atoms. The molecule has 3 aromatic heterocycles. The maximum Gasteiger partial charge on any atom is 0.243 e. The smallest absolute Gasteiger partial charge is 0.243 e.